The fraction of sp³-hybridized carbons (Fsp3) is 0.316. The van der Waals surface area contributed by atoms with Gasteiger partial charge < -0.3 is 4.57 Å². The quantitative estimate of drug-likeness (QED) is 0.696. The number of rotatable bonds is 6. The Morgan fingerprint density at radius 3 is 2.46 bits per heavy atom. The highest BCUT2D eigenvalue weighted by Gasteiger charge is 2.20. The zero-order valence-electron chi connectivity index (χ0n) is 15.1. The van der Waals surface area contributed by atoms with Gasteiger partial charge in [-0.15, -0.1) is 11.3 Å². The maximum Gasteiger partial charge on any atom is 0.248 e. The molecular weight excluding hydrogens is 366 g/mol. The standard InChI is InChI=1S/C19H23N3O2S2/c1-13(2)10-17-11-18(19(25-17)26(20,23)24)16-6-4-15(5-7-16)12-22-9-8-21-14(22)3/h4-9,11,13H,10,12H2,1-3H3,(H2,20,23,24). The van der Waals surface area contributed by atoms with Gasteiger partial charge in [0.05, 0.1) is 0 Å². The highest BCUT2D eigenvalue weighted by Crippen LogP contribution is 2.35. The smallest absolute Gasteiger partial charge is 0.248 e. The Kier molecular flexibility index (Phi) is 5.32. The van der Waals surface area contributed by atoms with E-state index in [1.165, 1.54) is 11.3 Å². The van der Waals surface area contributed by atoms with E-state index in [0.717, 1.165) is 34.8 Å². The van der Waals surface area contributed by atoms with E-state index in [-0.39, 0.29) is 4.21 Å². The number of hydrogen-bond donors (Lipinski definition) is 1. The van der Waals surface area contributed by atoms with Gasteiger partial charge >= 0.3 is 0 Å². The van der Waals surface area contributed by atoms with Crippen LogP contribution in [0.2, 0.25) is 0 Å². The number of primary sulfonamides is 1. The average molecular weight is 390 g/mol. The molecular formula is C19H23N3O2S2. The van der Waals surface area contributed by atoms with Gasteiger partial charge in [0.15, 0.2) is 0 Å². The summed E-state index contributed by atoms with van der Waals surface area (Å²) in [6.45, 7) is 6.93. The third-order valence-corrected chi connectivity index (χ3v) is 6.79. The summed E-state index contributed by atoms with van der Waals surface area (Å²) in [6, 6.07) is 9.90. The van der Waals surface area contributed by atoms with Crippen molar-refractivity contribution in [3.8, 4) is 11.1 Å². The largest absolute Gasteiger partial charge is 0.331 e. The van der Waals surface area contributed by atoms with Crippen LogP contribution in [0.3, 0.4) is 0 Å². The zero-order chi connectivity index (χ0) is 18.9. The molecule has 0 aliphatic heterocycles. The van der Waals surface area contributed by atoms with E-state index in [0.29, 0.717) is 11.5 Å². The van der Waals surface area contributed by atoms with E-state index in [1.54, 1.807) is 6.20 Å². The van der Waals surface area contributed by atoms with Crippen LogP contribution in [0.5, 0.6) is 0 Å². The second kappa shape index (κ2) is 7.34. The molecule has 26 heavy (non-hydrogen) atoms. The first kappa shape index (κ1) is 18.8. The molecule has 7 heteroatoms. The van der Waals surface area contributed by atoms with E-state index >= 15 is 0 Å². The highest BCUT2D eigenvalue weighted by atomic mass is 32.2. The van der Waals surface area contributed by atoms with Crippen molar-refractivity contribution in [2.75, 3.05) is 0 Å². The van der Waals surface area contributed by atoms with Gasteiger partial charge in [0.25, 0.3) is 0 Å². The molecule has 2 N–H and O–H groups in total. The van der Waals surface area contributed by atoms with Crippen LogP contribution in [0.1, 0.15) is 30.1 Å². The van der Waals surface area contributed by atoms with Gasteiger partial charge in [-0.2, -0.15) is 0 Å². The summed E-state index contributed by atoms with van der Waals surface area (Å²) < 4.78 is 26.3. The van der Waals surface area contributed by atoms with E-state index in [9.17, 15) is 8.42 Å². The molecule has 0 saturated carbocycles. The van der Waals surface area contributed by atoms with Crippen molar-refractivity contribution in [1.82, 2.24) is 9.55 Å². The normalized spacial score (nSPS) is 12.0. The van der Waals surface area contributed by atoms with Gasteiger partial charge in [0.2, 0.25) is 10.0 Å². The SMILES string of the molecule is Cc1nccn1Cc1ccc(-c2cc(CC(C)C)sc2S(N)(=O)=O)cc1. The van der Waals surface area contributed by atoms with Crippen LogP contribution in [-0.2, 0) is 23.0 Å². The molecule has 0 spiro atoms. The Bertz CT molecular complexity index is 1000. The van der Waals surface area contributed by atoms with E-state index in [4.69, 9.17) is 5.14 Å². The number of nitrogens with two attached hydrogens (primary N) is 1. The molecule has 0 aliphatic carbocycles. The van der Waals surface area contributed by atoms with Gasteiger partial charge in [0, 0.05) is 29.4 Å². The Morgan fingerprint density at radius 2 is 1.92 bits per heavy atom. The number of thiophene rings is 1. The topological polar surface area (TPSA) is 78.0 Å². The maximum atomic E-state index is 12.0. The minimum Gasteiger partial charge on any atom is -0.331 e. The van der Waals surface area contributed by atoms with Gasteiger partial charge in [0.1, 0.15) is 10.0 Å². The summed E-state index contributed by atoms with van der Waals surface area (Å²) in [6.07, 6.45) is 4.56. The molecule has 1 aromatic carbocycles. The number of aryl methyl sites for hydroxylation is 1. The second-order valence-electron chi connectivity index (χ2n) is 6.86. The summed E-state index contributed by atoms with van der Waals surface area (Å²) in [4.78, 5) is 5.27. The second-order valence-corrected chi connectivity index (χ2v) is 9.75. The molecule has 5 nitrogen and oxygen atoms in total. The van der Waals surface area contributed by atoms with Gasteiger partial charge in [-0.1, -0.05) is 38.1 Å². The number of hydrogen-bond acceptors (Lipinski definition) is 4. The molecule has 0 atom stereocenters. The number of nitrogens with zero attached hydrogens (tertiary/aromatic N) is 2. The van der Waals surface area contributed by atoms with Gasteiger partial charge in [-0.25, -0.2) is 18.5 Å². The molecule has 3 rings (SSSR count). The molecule has 0 aliphatic rings. The van der Waals surface area contributed by atoms with Crippen molar-refractivity contribution in [2.45, 2.75) is 37.9 Å². The molecule has 0 radical (unpaired) electrons. The molecule has 2 aromatic heterocycles. The molecule has 0 bridgehead atoms. The van der Waals surface area contributed by atoms with Crippen molar-refractivity contribution < 1.29 is 8.42 Å². The third-order valence-electron chi connectivity index (χ3n) is 4.16. The summed E-state index contributed by atoms with van der Waals surface area (Å²) >= 11 is 1.27. The number of aromatic nitrogens is 2. The van der Waals surface area contributed by atoms with Crippen LogP contribution in [0.15, 0.2) is 46.9 Å². The van der Waals surface area contributed by atoms with Crippen molar-refractivity contribution >= 4 is 21.4 Å². The first-order chi connectivity index (χ1) is 12.2. The number of imidazole rings is 1. The Hall–Kier alpha value is -1.96. The molecule has 0 amide bonds. The van der Waals surface area contributed by atoms with E-state index in [2.05, 4.69) is 23.4 Å². The maximum absolute atomic E-state index is 12.0. The minimum absolute atomic E-state index is 0.242. The summed E-state index contributed by atoms with van der Waals surface area (Å²) in [5.74, 6) is 1.41. The molecule has 2 heterocycles. The minimum atomic E-state index is -3.75. The van der Waals surface area contributed by atoms with E-state index in [1.807, 2.05) is 43.5 Å². The van der Waals surface area contributed by atoms with Crippen LogP contribution in [0.25, 0.3) is 11.1 Å². The Morgan fingerprint density at radius 1 is 1.23 bits per heavy atom. The van der Waals surface area contributed by atoms with Crippen LogP contribution in [-0.4, -0.2) is 18.0 Å². The summed E-state index contributed by atoms with van der Waals surface area (Å²) in [5.41, 5.74) is 2.69. The predicted molar refractivity (Wildman–Crippen MR) is 106 cm³/mol. The van der Waals surface area contributed by atoms with Crippen LogP contribution < -0.4 is 5.14 Å². The lowest BCUT2D eigenvalue weighted by atomic mass is 10.0. The van der Waals surface area contributed by atoms with E-state index < -0.39 is 10.0 Å². The molecule has 0 fully saturated rings. The first-order valence-electron chi connectivity index (χ1n) is 8.46. The molecule has 138 valence electrons. The average Bonchev–Trinajstić information content (AvgIpc) is 3.14. The Balaban J connectivity index is 1.93. The lowest BCUT2D eigenvalue weighted by Gasteiger charge is -2.07. The lowest BCUT2D eigenvalue weighted by Crippen LogP contribution is -2.11. The fourth-order valence-corrected chi connectivity index (χ4v) is 5.28. The van der Waals surface area contributed by atoms with Crippen molar-refractivity contribution in [2.24, 2.45) is 11.1 Å². The van der Waals surface area contributed by atoms with Crippen molar-refractivity contribution in [1.29, 1.82) is 0 Å². The van der Waals surface area contributed by atoms with Crippen LogP contribution in [0.4, 0.5) is 0 Å². The van der Waals surface area contributed by atoms with Gasteiger partial charge in [-0.05, 0) is 36.5 Å². The third kappa shape index (κ3) is 4.23. The molecule has 3 aromatic rings. The predicted octanol–water partition coefficient (Wildman–Crippen LogP) is 3.81. The van der Waals surface area contributed by atoms with Gasteiger partial charge in [-0.3, -0.25) is 0 Å². The number of benzene rings is 1. The zero-order valence-corrected chi connectivity index (χ0v) is 16.8. The summed E-state index contributed by atoms with van der Waals surface area (Å²) in [7, 11) is -3.75. The highest BCUT2D eigenvalue weighted by molar-refractivity contribution is 7.91. The van der Waals surface area contributed by atoms with Crippen molar-refractivity contribution in [3.05, 3.63) is 59.0 Å². The first-order valence-corrected chi connectivity index (χ1v) is 10.8. The molecule has 0 saturated heterocycles. The van der Waals surface area contributed by atoms with Crippen LogP contribution in [0, 0.1) is 12.8 Å². The monoisotopic (exact) mass is 389 g/mol. The summed E-state index contributed by atoms with van der Waals surface area (Å²) in [5, 5.41) is 5.45. The molecule has 0 unspecified atom stereocenters. The Labute approximate surface area is 158 Å². The van der Waals surface area contributed by atoms with Crippen LogP contribution >= 0.6 is 11.3 Å². The number of sulfonamides is 1. The lowest BCUT2D eigenvalue weighted by molar-refractivity contribution is 0.600. The van der Waals surface area contributed by atoms with Crippen molar-refractivity contribution in [3.63, 3.8) is 0 Å². The fourth-order valence-electron chi connectivity index (χ4n) is 2.90.